The van der Waals surface area contributed by atoms with E-state index in [0.29, 0.717) is 33.0 Å². The Bertz CT molecular complexity index is 1410. The molecule has 2 N–H and O–H groups in total. The molecule has 36 heavy (non-hydrogen) atoms. The van der Waals surface area contributed by atoms with Crippen LogP contribution >= 0.6 is 35.4 Å². The maximum absolute atomic E-state index is 13.0. The summed E-state index contributed by atoms with van der Waals surface area (Å²) in [5.74, 6) is 0. The Balaban J connectivity index is 1.40. The first-order chi connectivity index (χ1) is 17.0. The summed E-state index contributed by atoms with van der Waals surface area (Å²) in [5, 5.41) is 16.3. The normalized spacial score (nSPS) is 11.5. The fourth-order valence-electron chi connectivity index (χ4n) is 3.67. The smallest absolute Gasteiger partial charge is 0.330 e. The van der Waals surface area contributed by atoms with E-state index in [9.17, 15) is 13.2 Å². The third-order valence-corrected chi connectivity index (χ3v) is 6.37. The van der Waals surface area contributed by atoms with Crippen molar-refractivity contribution in [2.24, 2.45) is 0 Å². The number of benzene rings is 2. The maximum atomic E-state index is 13.0. The number of hydrogen-bond acceptors (Lipinski definition) is 3. The molecule has 4 rings (SSSR count). The molecule has 0 saturated carbocycles. The summed E-state index contributed by atoms with van der Waals surface area (Å²) in [5.41, 5.74) is 3.75. The van der Waals surface area contributed by atoms with Crippen LogP contribution in [0.5, 0.6) is 0 Å². The van der Waals surface area contributed by atoms with Crippen molar-refractivity contribution >= 4 is 51.9 Å². The first kappa shape index (κ1) is 26.0. The Morgan fingerprint density at radius 3 is 2.47 bits per heavy atom. The minimum atomic E-state index is -4.39. The maximum Gasteiger partial charge on any atom is 0.416 e. The van der Waals surface area contributed by atoms with Gasteiger partial charge in [-0.3, -0.25) is 9.36 Å². The Morgan fingerprint density at radius 1 is 1.00 bits per heavy atom. The second kappa shape index (κ2) is 10.5. The highest BCUT2D eigenvalue weighted by atomic mass is 35.5. The largest absolute Gasteiger partial charge is 0.416 e. The van der Waals surface area contributed by atoms with Crippen LogP contribution in [-0.4, -0.2) is 24.7 Å². The van der Waals surface area contributed by atoms with E-state index < -0.39 is 11.7 Å². The third-order valence-electron chi connectivity index (χ3n) is 5.43. The number of nitrogens with one attached hydrogen (secondary N) is 2. The van der Waals surface area contributed by atoms with Crippen LogP contribution < -0.4 is 10.6 Å². The van der Waals surface area contributed by atoms with Gasteiger partial charge in [-0.2, -0.15) is 23.4 Å². The highest BCUT2D eigenvalue weighted by molar-refractivity contribution is 7.80. The topological polar surface area (TPSA) is 59.7 Å². The van der Waals surface area contributed by atoms with Gasteiger partial charge in [0.25, 0.3) is 0 Å². The minimum absolute atomic E-state index is 0.186. The SMILES string of the molecule is Cc1nn(Cc2ccc(Cl)c(Cl)c2)c(C)c1NC(=S)Nc1cnn(Cc2cccc(C(F)(F)F)c2)c1. The van der Waals surface area contributed by atoms with Crippen molar-refractivity contribution in [3.63, 3.8) is 0 Å². The fraction of sp³-hybridized carbons (Fsp3) is 0.208. The van der Waals surface area contributed by atoms with Gasteiger partial charge in [-0.05, 0) is 61.5 Å². The highest BCUT2D eigenvalue weighted by Gasteiger charge is 2.30. The zero-order valence-electron chi connectivity index (χ0n) is 19.2. The molecule has 188 valence electrons. The lowest BCUT2D eigenvalue weighted by molar-refractivity contribution is -0.137. The Labute approximate surface area is 221 Å². The van der Waals surface area contributed by atoms with Gasteiger partial charge in [-0.25, -0.2) is 0 Å². The molecule has 2 heterocycles. The predicted molar refractivity (Wildman–Crippen MR) is 140 cm³/mol. The number of rotatable bonds is 6. The molecule has 0 bridgehead atoms. The molecule has 0 aliphatic rings. The van der Waals surface area contributed by atoms with E-state index in [0.717, 1.165) is 34.8 Å². The van der Waals surface area contributed by atoms with E-state index in [1.54, 1.807) is 30.6 Å². The molecule has 2 aromatic carbocycles. The van der Waals surface area contributed by atoms with E-state index in [-0.39, 0.29) is 6.54 Å². The fourth-order valence-corrected chi connectivity index (χ4v) is 4.21. The van der Waals surface area contributed by atoms with Gasteiger partial charge >= 0.3 is 6.18 Å². The summed E-state index contributed by atoms with van der Waals surface area (Å²) >= 11 is 17.6. The lowest BCUT2D eigenvalue weighted by Gasteiger charge is -2.10. The van der Waals surface area contributed by atoms with E-state index in [1.165, 1.54) is 10.7 Å². The Hall–Kier alpha value is -3.08. The lowest BCUT2D eigenvalue weighted by atomic mass is 10.1. The summed E-state index contributed by atoms with van der Waals surface area (Å²) in [4.78, 5) is 0. The molecule has 0 unspecified atom stereocenters. The molecule has 0 amide bonds. The van der Waals surface area contributed by atoms with Crippen LogP contribution in [0.2, 0.25) is 10.0 Å². The molecule has 12 heteroatoms. The number of alkyl halides is 3. The van der Waals surface area contributed by atoms with Gasteiger partial charge in [0.05, 0.1) is 57.7 Å². The third kappa shape index (κ3) is 6.18. The second-order valence-electron chi connectivity index (χ2n) is 8.16. The molecule has 0 atom stereocenters. The Morgan fingerprint density at radius 2 is 1.75 bits per heavy atom. The van der Waals surface area contributed by atoms with Crippen LogP contribution in [0.4, 0.5) is 24.5 Å². The van der Waals surface area contributed by atoms with Crippen molar-refractivity contribution in [1.82, 2.24) is 19.6 Å². The van der Waals surface area contributed by atoms with Crippen molar-refractivity contribution < 1.29 is 13.2 Å². The summed E-state index contributed by atoms with van der Waals surface area (Å²) in [7, 11) is 0. The molecule has 4 aromatic rings. The van der Waals surface area contributed by atoms with E-state index >= 15 is 0 Å². The molecule has 0 spiro atoms. The molecule has 2 aromatic heterocycles. The molecule has 0 fully saturated rings. The number of aryl methyl sites for hydroxylation is 1. The monoisotopic (exact) mass is 552 g/mol. The predicted octanol–water partition coefficient (Wildman–Crippen LogP) is 6.93. The first-order valence-corrected chi connectivity index (χ1v) is 11.9. The number of anilines is 2. The standard InChI is InChI=1S/C24H21Cl2F3N6S/c1-14-22(15(2)35(33-14)12-17-6-7-20(25)21(26)9-17)32-23(36)31-19-10-30-34(13-19)11-16-4-3-5-18(8-16)24(27,28)29/h3-10,13H,11-12H2,1-2H3,(H2,31,32,36). The van der Waals surface area contributed by atoms with E-state index in [2.05, 4.69) is 20.8 Å². The molecule has 0 radical (unpaired) electrons. The number of nitrogens with zero attached hydrogens (tertiary/aromatic N) is 4. The molecule has 0 aliphatic carbocycles. The molecule has 0 saturated heterocycles. The van der Waals surface area contributed by atoms with Crippen molar-refractivity contribution in [2.75, 3.05) is 10.6 Å². The van der Waals surface area contributed by atoms with Gasteiger partial charge in [0.2, 0.25) is 0 Å². The summed E-state index contributed by atoms with van der Waals surface area (Å²) in [6, 6.07) is 10.6. The molecule has 0 aliphatic heterocycles. The zero-order chi connectivity index (χ0) is 26.0. The average Bonchev–Trinajstić information content (AvgIpc) is 3.34. The summed E-state index contributed by atoms with van der Waals surface area (Å²) < 4.78 is 42.3. The van der Waals surface area contributed by atoms with Gasteiger partial charge in [-0.1, -0.05) is 41.4 Å². The number of aromatic nitrogens is 4. The zero-order valence-corrected chi connectivity index (χ0v) is 21.5. The summed E-state index contributed by atoms with van der Waals surface area (Å²) in [6.07, 6.45) is -1.17. The highest BCUT2D eigenvalue weighted by Crippen LogP contribution is 2.30. The van der Waals surface area contributed by atoms with E-state index in [4.69, 9.17) is 35.4 Å². The number of halogens is 5. The van der Waals surface area contributed by atoms with Crippen LogP contribution in [0.25, 0.3) is 0 Å². The van der Waals surface area contributed by atoms with Crippen LogP contribution in [0.1, 0.15) is 28.1 Å². The van der Waals surface area contributed by atoms with Crippen LogP contribution in [0, 0.1) is 13.8 Å². The minimum Gasteiger partial charge on any atom is -0.330 e. The second-order valence-corrected chi connectivity index (χ2v) is 9.38. The van der Waals surface area contributed by atoms with Crippen LogP contribution in [0.3, 0.4) is 0 Å². The summed E-state index contributed by atoms with van der Waals surface area (Å²) in [6.45, 7) is 4.49. The van der Waals surface area contributed by atoms with E-state index in [1.807, 2.05) is 24.6 Å². The van der Waals surface area contributed by atoms with Crippen molar-refractivity contribution in [2.45, 2.75) is 33.1 Å². The van der Waals surface area contributed by atoms with Gasteiger partial charge in [0.15, 0.2) is 5.11 Å². The van der Waals surface area contributed by atoms with Gasteiger partial charge in [-0.15, -0.1) is 0 Å². The lowest BCUT2D eigenvalue weighted by Crippen LogP contribution is -2.19. The van der Waals surface area contributed by atoms with Gasteiger partial charge < -0.3 is 10.6 Å². The van der Waals surface area contributed by atoms with Crippen LogP contribution in [0.15, 0.2) is 54.9 Å². The van der Waals surface area contributed by atoms with Crippen molar-refractivity contribution in [1.29, 1.82) is 0 Å². The molecular weight excluding hydrogens is 532 g/mol. The number of thiocarbonyl (C=S) groups is 1. The van der Waals surface area contributed by atoms with Crippen molar-refractivity contribution in [3.05, 3.63) is 93.0 Å². The average molecular weight is 553 g/mol. The first-order valence-electron chi connectivity index (χ1n) is 10.7. The molecular formula is C24H21Cl2F3N6S. The number of hydrogen-bond donors (Lipinski definition) is 2. The Kier molecular flexibility index (Phi) is 7.58. The van der Waals surface area contributed by atoms with Gasteiger partial charge in [0.1, 0.15) is 0 Å². The quantitative estimate of drug-likeness (QED) is 0.254. The van der Waals surface area contributed by atoms with Crippen molar-refractivity contribution in [3.8, 4) is 0 Å². The van der Waals surface area contributed by atoms with Gasteiger partial charge in [0, 0.05) is 6.20 Å². The van der Waals surface area contributed by atoms with Crippen LogP contribution in [-0.2, 0) is 19.3 Å². The molecule has 6 nitrogen and oxygen atoms in total.